The van der Waals surface area contributed by atoms with Crippen molar-refractivity contribution in [1.82, 2.24) is 4.78 Å². The fourth-order valence-corrected chi connectivity index (χ4v) is 5.77. The number of benzene rings is 3. The molecule has 0 N–H and O–H groups in total. The fourth-order valence-electron chi connectivity index (χ4n) is 2.87. The molecule has 0 spiro atoms. The molecule has 0 aromatic heterocycles. The maximum absolute atomic E-state index is 12.9. The van der Waals surface area contributed by atoms with E-state index >= 15 is 0 Å². The monoisotopic (exact) mass is 456 g/mol. The first-order valence-corrected chi connectivity index (χ1v) is 11.4. The first kappa shape index (κ1) is 21.3. The van der Waals surface area contributed by atoms with Gasteiger partial charge < -0.3 is 0 Å². The molecule has 0 saturated heterocycles. The van der Waals surface area contributed by atoms with Crippen LogP contribution >= 0.6 is 7.66 Å². The van der Waals surface area contributed by atoms with Crippen LogP contribution in [0.25, 0.3) is 0 Å². The third-order valence-corrected chi connectivity index (χ3v) is 7.11. The maximum atomic E-state index is 12.9. The van der Waals surface area contributed by atoms with Gasteiger partial charge in [-0.3, -0.25) is 0 Å². The van der Waals surface area contributed by atoms with Crippen molar-refractivity contribution in [2.75, 3.05) is 14.2 Å². The van der Waals surface area contributed by atoms with Crippen LogP contribution < -0.4 is 13.6 Å². The zero-order chi connectivity index (χ0) is 22.5. The van der Waals surface area contributed by atoms with E-state index in [0.29, 0.717) is 17.2 Å². The van der Waals surface area contributed by atoms with E-state index in [1.807, 2.05) is 18.2 Å². The number of hydrogen-bond acceptors (Lipinski definition) is 8. The van der Waals surface area contributed by atoms with Crippen molar-refractivity contribution in [2.24, 2.45) is 5.10 Å². The van der Waals surface area contributed by atoms with Gasteiger partial charge in [0.05, 0.1) is 0 Å². The number of amides is 1. The topological polar surface area (TPSA) is 88.1 Å². The van der Waals surface area contributed by atoms with Gasteiger partial charge in [-0.1, -0.05) is 0 Å². The van der Waals surface area contributed by atoms with E-state index in [-0.39, 0.29) is 6.08 Å². The average molecular weight is 456 g/mol. The summed E-state index contributed by atoms with van der Waals surface area (Å²) >= 11 is 0. The normalized spacial score (nSPS) is 17.0. The number of para-hydroxylation sites is 3. The van der Waals surface area contributed by atoms with Crippen molar-refractivity contribution in [2.45, 2.75) is 0 Å². The van der Waals surface area contributed by atoms with Crippen LogP contribution in [-0.4, -0.2) is 31.2 Å². The summed E-state index contributed by atoms with van der Waals surface area (Å²) in [7, 11) is -2.66. The molecule has 3 aromatic rings. The van der Waals surface area contributed by atoms with E-state index in [2.05, 4.69) is 5.10 Å². The van der Waals surface area contributed by atoms with Gasteiger partial charge in [-0.15, -0.1) is 0 Å². The van der Waals surface area contributed by atoms with Gasteiger partial charge in [-0.25, -0.2) is 0 Å². The Hall–Kier alpha value is -3.97. The number of ether oxygens (including phenoxy) is 2. The Kier molecular flexibility index (Phi) is 5.75. The van der Waals surface area contributed by atoms with Gasteiger partial charge in [-0.05, 0) is 0 Å². The molecule has 10 heteroatoms. The molecule has 3 aromatic carbocycles. The molecule has 0 bridgehead atoms. The molecule has 32 heavy (non-hydrogen) atoms. The Morgan fingerprint density at radius 2 is 1.16 bits per heavy atom. The summed E-state index contributed by atoms with van der Waals surface area (Å²) < 4.78 is 36.0. The molecular weight excluding hydrogens is 435 g/mol. The number of methoxy groups -OCH3 is 2. The summed E-state index contributed by atoms with van der Waals surface area (Å²) in [6.07, 6.45) is -1.23. The van der Waals surface area contributed by atoms with E-state index in [9.17, 15) is 4.79 Å². The predicted octanol–water partition coefficient (Wildman–Crippen LogP) is 5.37. The zero-order valence-corrected chi connectivity index (χ0v) is 18.3. The number of hydrogen-bond donors (Lipinski definition) is 0. The molecule has 0 radical (unpaired) electrons. The molecule has 0 aliphatic carbocycles. The Morgan fingerprint density at radius 3 is 1.50 bits per heavy atom. The van der Waals surface area contributed by atoms with E-state index < -0.39 is 13.8 Å². The molecule has 9 nitrogen and oxygen atoms in total. The molecule has 1 heterocycles. The summed E-state index contributed by atoms with van der Waals surface area (Å²) in [5, 5.41) is 4.11. The van der Waals surface area contributed by atoms with Crippen molar-refractivity contribution in [3.05, 3.63) is 91.0 Å². The molecule has 1 amide bonds. The molecule has 166 valence electrons. The summed E-state index contributed by atoms with van der Waals surface area (Å²) in [5.74, 6) is 0.912. The van der Waals surface area contributed by atoms with Gasteiger partial charge in [0.25, 0.3) is 0 Å². The number of carbonyl (C=O) groups excluding carboxylic acids is 1. The van der Waals surface area contributed by atoms with Crippen LogP contribution in [0.2, 0.25) is 0 Å². The van der Waals surface area contributed by atoms with Gasteiger partial charge in [-0.2, -0.15) is 0 Å². The van der Waals surface area contributed by atoms with Crippen LogP contribution in [0.15, 0.2) is 96.1 Å². The van der Waals surface area contributed by atoms with Crippen LogP contribution in [-0.2, 0) is 14.0 Å². The Balaban J connectivity index is 1.95. The van der Waals surface area contributed by atoms with Crippen molar-refractivity contribution >= 4 is 19.8 Å². The quantitative estimate of drug-likeness (QED) is 0.461. The van der Waals surface area contributed by atoms with E-state index in [1.54, 1.807) is 72.8 Å². The van der Waals surface area contributed by atoms with Gasteiger partial charge in [0.2, 0.25) is 0 Å². The van der Waals surface area contributed by atoms with Crippen molar-refractivity contribution < 1.29 is 32.4 Å². The van der Waals surface area contributed by atoms with E-state index in [4.69, 9.17) is 27.6 Å². The SMILES string of the molecule is COC(=O)N1N=C(OC)OP1(Oc1ccccc1)(Oc1ccccc1)Oc1ccccc1. The number of nitrogens with zero attached hydrogens (tertiary/aromatic N) is 2. The molecule has 0 saturated carbocycles. The van der Waals surface area contributed by atoms with Gasteiger partial charge >= 0.3 is 185 Å². The van der Waals surface area contributed by atoms with Crippen LogP contribution in [0.3, 0.4) is 0 Å². The number of carbonyl (C=O) groups is 1. The van der Waals surface area contributed by atoms with Crippen LogP contribution in [0.5, 0.6) is 17.2 Å². The van der Waals surface area contributed by atoms with E-state index in [0.717, 1.165) is 4.78 Å². The molecule has 1 aliphatic rings. The molecule has 0 fully saturated rings. The second kappa shape index (κ2) is 8.64. The molecule has 4 rings (SSSR count). The molecule has 1 aliphatic heterocycles. The minimum absolute atomic E-state index is 0.295. The Labute approximate surface area is 185 Å². The second-order valence-electron chi connectivity index (χ2n) is 6.41. The Bertz CT molecular complexity index is 993. The summed E-state index contributed by atoms with van der Waals surface area (Å²) in [5.41, 5.74) is 0. The van der Waals surface area contributed by atoms with Crippen molar-refractivity contribution in [1.29, 1.82) is 0 Å². The van der Waals surface area contributed by atoms with Gasteiger partial charge in [0, 0.05) is 0 Å². The van der Waals surface area contributed by atoms with Crippen LogP contribution in [0.4, 0.5) is 4.79 Å². The first-order valence-electron chi connectivity index (χ1n) is 9.55. The second-order valence-corrected chi connectivity index (χ2v) is 9.06. The molecule has 0 unspecified atom stereocenters. The first-order chi connectivity index (χ1) is 15.6. The number of rotatable bonds is 6. The van der Waals surface area contributed by atoms with E-state index in [1.165, 1.54) is 14.2 Å². The molecule has 0 atom stereocenters. The summed E-state index contributed by atoms with van der Waals surface area (Å²) in [6, 6.07) is 26.0. The van der Waals surface area contributed by atoms with Gasteiger partial charge in [0.15, 0.2) is 0 Å². The van der Waals surface area contributed by atoms with Crippen molar-refractivity contribution in [3.8, 4) is 17.2 Å². The fraction of sp³-hybridized carbons (Fsp3) is 0.0909. The standard InChI is InChI=1S/C22H21N2O7P/c1-26-21-23-24(22(25)27-2)32(31-21,28-18-12-6-3-7-13-18,29-19-14-8-4-9-15-19)30-20-16-10-5-11-17-20/h3-17H,1-2H3. The molecular formula is C22H21N2O7P. The third kappa shape index (κ3) is 3.98. The zero-order valence-electron chi connectivity index (χ0n) is 17.4. The van der Waals surface area contributed by atoms with Gasteiger partial charge in [0.1, 0.15) is 0 Å². The van der Waals surface area contributed by atoms with Crippen LogP contribution in [0.1, 0.15) is 0 Å². The van der Waals surface area contributed by atoms with Crippen LogP contribution in [0, 0.1) is 0 Å². The van der Waals surface area contributed by atoms with Crippen molar-refractivity contribution in [3.63, 3.8) is 0 Å². The summed E-state index contributed by atoms with van der Waals surface area (Å²) in [4.78, 5) is 12.9. The predicted molar refractivity (Wildman–Crippen MR) is 118 cm³/mol. The summed E-state index contributed by atoms with van der Waals surface area (Å²) in [6.45, 7) is 0. The number of hydrazone groups is 1. The minimum atomic E-state index is -5.19. The average Bonchev–Trinajstić information content (AvgIpc) is 3.14. The third-order valence-electron chi connectivity index (χ3n) is 4.23. The Morgan fingerprint density at radius 1 is 0.750 bits per heavy atom.